The second-order valence-corrected chi connectivity index (χ2v) is 5.41. The number of benzene rings is 1. The predicted molar refractivity (Wildman–Crippen MR) is 81.8 cm³/mol. The van der Waals surface area contributed by atoms with Gasteiger partial charge in [0, 0.05) is 23.8 Å². The van der Waals surface area contributed by atoms with Crippen LogP contribution in [0.3, 0.4) is 0 Å². The molecular formula is C16H17N3O3. The fourth-order valence-corrected chi connectivity index (χ4v) is 2.67. The predicted octanol–water partition coefficient (Wildman–Crippen LogP) is 2.75. The first-order valence-corrected chi connectivity index (χ1v) is 7.20. The van der Waals surface area contributed by atoms with Gasteiger partial charge >= 0.3 is 0 Å². The van der Waals surface area contributed by atoms with Gasteiger partial charge < -0.3 is 14.6 Å². The van der Waals surface area contributed by atoms with E-state index in [1.54, 1.807) is 24.0 Å². The summed E-state index contributed by atoms with van der Waals surface area (Å²) in [7, 11) is 0. The van der Waals surface area contributed by atoms with E-state index >= 15 is 0 Å². The Balaban J connectivity index is 1.81. The van der Waals surface area contributed by atoms with Crippen LogP contribution >= 0.6 is 0 Å². The van der Waals surface area contributed by atoms with Crippen LogP contribution in [-0.4, -0.2) is 22.8 Å². The lowest BCUT2D eigenvalue weighted by Crippen LogP contribution is -2.30. The molecule has 1 aliphatic heterocycles. The quantitative estimate of drug-likeness (QED) is 0.945. The van der Waals surface area contributed by atoms with Gasteiger partial charge in [0.25, 0.3) is 5.91 Å². The molecule has 1 atom stereocenters. The monoisotopic (exact) mass is 299 g/mol. The van der Waals surface area contributed by atoms with Crippen LogP contribution < -0.4 is 10.2 Å². The molecule has 2 amide bonds. The molecule has 114 valence electrons. The van der Waals surface area contributed by atoms with Gasteiger partial charge in [-0.05, 0) is 38.5 Å². The van der Waals surface area contributed by atoms with Crippen molar-refractivity contribution in [3.63, 3.8) is 0 Å². The number of hydrogen-bond donors (Lipinski definition) is 1. The molecule has 0 saturated carbocycles. The minimum Gasteiger partial charge on any atom is -0.448 e. The van der Waals surface area contributed by atoms with Crippen molar-refractivity contribution >= 4 is 23.2 Å². The maximum absolute atomic E-state index is 12.1. The summed E-state index contributed by atoms with van der Waals surface area (Å²) in [6.45, 7) is 3.71. The first kappa shape index (κ1) is 14.3. The zero-order valence-electron chi connectivity index (χ0n) is 12.5. The Labute approximate surface area is 128 Å². The summed E-state index contributed by atoms with van der Waals surface area (Å²) < 4.78 is 5.03. The third kappa shape index (κ3) is 2.59. The molecule has 6 nitrogen and oxygen atoms in total. The molecule has 2 heterocycles. The summed E-state index contributed by atoms with van der Waals surface area (Å²) in [6.07, 6.45) is 2.66. The summed E-state index contributed by atoms with van der Waals surface area (Å²) in [4.78, 5) is 29.8. The average Bonchev–Trinajstić information content (AvgIpc) is 3.05. The normalized spacial score (nSPS) is 17.8. The molecule has 0 aliphatic carbocycles. The Morgan fingerprint density at radius 2 is 2.27 bits per heavy atom. The second kappa shape index (κ2) is 5.63. The van der Waals surface area contributed by atoms with Gasteiger partial charge in [0.2, 0.25) is 5.91 Å². The SMILES string of the molecule is Cc1ocnc1C(=O)Nc1cccc(N2C(=O)CC[C@@H]2C)c1. The highest BCUT2D eigenvalue weighted by atomic mass is 16.3. The fraction of sp³-hybridized carbons (Fsp3) is 0.312. The zero-order valence-corrected chi connectivity index (χ0v) is 12.5. The summed E-state index contributed by atoms with van der Waals surface area (Å²) in [5, 5.41) is 2.78. The molecule has 3 rings (SSSR count). The van der Waals surface area contributed by atoms with Crippen LogP contribution in [0.15, 0.2) is 35.1 Å². The van der Waals surface area contributed by atoms with Crippen molar-refractivity contribution in [3.8, 4) is 0 Å². The van der Waals surface area contributed by atoms with Crippen molar-refractivity contribution < 1.29 is 14.0 Å². The average molecular weight is 299 g/mol. The van der Waals surface area contributed by atoms with E-state index in [0.717, 1.165) is 12.1 Å². The summed E-state index contributed by atoms with van der Waals surface area (Å²) in [6, 6.07) is 7.45. The molecule has 22 heavy (non-hydrogen) atoms. The van der Waals surface area contributed by atoms with Gasteiger partial charge in [-0.2, -0.15) is 0 Å². The van der Waals surface area contributed by atoms with Gasteiger partial charge in [0.05, 0.1) is 0 Å². The van der Waals surface area contributed by atoms with Crippen LogP contribution in [0.5, 0.6) is 0 Å². The lowest BCUT2D eigenvalue weighted by molar-refractivity contribution is -0.117. The Morgan fingerprint density at radius 3 is 2.91 bits per heavy atom. The number of rotatable bonds is 3. The molecule has 0 bridgehead atoms. The smallest absolute Gasteiger partial charge is 0.277 e. The van der Waals surface area contributed by atoms with E-state index in [-0.39, 0.29) is 23.6 Å². The summed E-state index contributed by atoms with van der Waals surface area (Å²) in [5.41, 5.74) is 1.68. The highest BCUT2D eigenvalue weighted by Gasteiger charge is 2.28. The van der Waals surface area contributed by atoms with E-state index in [2.05, 4.69) is 10.3 Å². The Kier molecular flexibility index (Phi) is 3.66. The topological polar surface area (TPSA) is 75.4 Å². The van der Waals surface area contributed by atoms with E-state index in [1.807, 2.05) is 19.1 Å². The number of carbonyl (C=O) groups excluding carboxylic acids is 2. The largest absolute Gasteiger partial charge is 0.448 e. The number of nitrogens with one attached hydrogen (secondary N) is 1. The van der Waals surface area contributed by atoms with E-state index in [0.29, 0.717) is 17.9 Å². The molecule has 1 saturated heterocycles. The standard InChI is InChI=1S/C16H17N3O3/c1-10-6-7-14(20)19(10)13-5-3-4-12(8-13)18-16(21)15-11(2)22-9-17-15/h3-5,8-10H,6-7H2,1-2H3,(H,18,21)/t10-/m0/s1. The molecular weight excluding hydrogens is 282 g/mol. The highest BCUT2D eigenvalue weighted by molar-refractivity contribution is 6.04. The van der Waals surface area contributed by atoms with Crippen LogP contribution in [0.4, 0.5) is 11.4 Å². The molecule has 0 radical (unpaired) electrons. The zero-order chi connectivity index (χ0) is 15.7. The maximum Gasteiger partial charge on any atom is 0.277 e. The van der Waals surface area contributed by atoms with Gasteiger partial charge in [-0.3, -0.25) is 9.59 Å². The van der Waals surface area contributed by atoms with Crippen molar-refractivity contribution in [3.05, 3.63) is 42.1 Å². The number of hydrogen-bond acceptors (Lipinski definition) is 4. The molecule has 1 aliphatic rings. The number of nitrogens with zero attached hydrogens (tertiary/aromatic N) is 2. The van der Waals surface area contributed by atoms with Gasteiger partial charge in [-0.1, -0.05) is 6.07 Å². The lowest BCUT2D eigenvalue weighted by Gasteiger charge is -2.22. The first-order chi connectivity index (χ1) is 10.6. The van der Waals surface area contributed by atoms with E-state index < -0.39 is 0 Å². The third-order valence-corrected chi connectivity index (χ3v) is 3.83. The Morgan fingerprint density at radius 1 is 1.45 bits per heavy atom. The van der Waals surface area contributed by atoms with Crippen molar-refractivity contribution in [2.45, 2.75) is 32.7 Å². The van der Waals surface area contributed by atoms with Gasteiger partial charge in [0.15, 0.2) is 12.1 Å². The summed E-state index contributed by atoms with van der Waals surface area (Å²) in [5.74, 6) is 0.254. The molecule has 0 spiro atoms. The van der Waals surface area contributed by atoms with Crippen molar-refractivity contribution in [1.29, 1.82) is 0 Å². The molecule has 1 aromatic heterocycles. The summed E-state index contributed by atoms with van der Waals surface area (Å²) >= 11 is 0. The maximum atomic E-state index is 12.1. The first-order valence-electron chi connectivity index (χ1n) is 7.20. The van der Waals surface area contributed by atoms with Gasteiger partial charge in [-0.15, -0.1) is 0 Å². The lowest BCUT2D eigenvalue weighted by atomic mass is 10.2. The second-order valence-electron chi connectivity index (χ2n) is 5.41. The van der Waals surface area contributed by atoms with E-state index in [4.69, 9.17) is 4.42 Å². The van der Waals surface area contributed by atoms with Crippen LogP contribution in [0.25, 0.3) is 0 Å². The van der Waals surface area contributed by atoms with Crippen molar-refractivity contribution in [1.82, 2.24) is 4.98 Å². The number of aromatic nitrogens is 1. The van der Waals surface area contributed by atoms with Crippen LogP contribution in [0, 0.1) is 6.92 Å². The van der Waals surface area contributed by atoms with Crippen molar-refractivity contribution in [2.75, 3.05) is 10.2 Å². The molecule has 1 fully saturated rings. The Hall–Kier alpha value is -2.63. The van der Waals surface area contributed by atoms with Gasteiger partial charge in [0.1, 0.15) is 5.76 Å². The number of aryl methyl sites for hydroxylation is 1. The van der Waals surface area contributed by atoms with Crippen LogP contribution in [-0.2, 0) is 4.79 Å². The number of amides is 2. The highest BCUT2D eigenvalue weighted by Crippen LogP contribution is 2.28. The van der Waals surface area contributed by atoms with E-state index in [1.165, 1.54) is 6.39 Å². The third-order valence-electron chi connectivity index (χ3n) is 3.83. The fourth-order valence-electron chi connectivity index (χ4n) is 2.67. The molecule has 1 aromatic carbocycles. The van der Waals surface area contributed by atoms with Crippen LogP contribution in [0.2, 0.25) is 0 Å². The Bertz CT molecular complexity index is 723. The minimum atomic E-state index is -0.329. The van der Waals surface area contributed by atoms with E-state index in [9.17, 15) is 9.59 Å². The van der Waals surface area contributed by atoms with Crippen molar-refractivity contribution in [2.24, 2.45) is 0 Å². The number of oxazole rings is 1. The van der Waals surface area contributed by atoms with Crippen LogP contribution in [0.1, 0.15) is 36.0 Å². The van der Waals surface area contributed by atoms with Gasteiger partial charge in [-0.25, -0.2) is 4.98 Å². The number of carbonyl (C=O) groups is 2. The molecule has 2 aromatic rings. The molecule has 0 unspecified atom stereocenters. The molecule has 1 N–H and O–H groups in total. The molecule has 6 heteroatoms. The number of anilines is 2. The minimum absolute atomic E-state index is 0.114.